The van der Waals surface area contributed by atoms with Crippen molar-refractivity contribution in [2.24, 2.45) is 5.92 Å². The zero-order valence-corrected chi connectivity index (χ0v) is 12.2. The second kappa shape index (κ2) is 5.24. The first-order chi connectivity index (χ1) is 8.87. The molecular weight excluding hydrogens is 240 g/mol. The Kier molecular flexibility index (Phi) is 3.83. The molecule has 104 valence electrons. The lowest BCUT2D eigenvalue weighted by Crippen LogP contribution is -2.35. The first-order valence-corrected chi connectivity index (χ1v) is 6.86. The third kappa shape index (κ3) is 3.49. The molecule has 0 N–H and O–H groups in total. The molecule has 0 radical (unpaired) electrons. The highest BCUT2D eigenvalue weighted by atomic mass is 16.5. The van der Waals surface area contributed by atoms with Crippen molar-refractivity contribution in [2.45, 2.75) is 46.1 Å². The van der Waals surface area contributed by atoms with Crippen LogP contribution < -0.4 is 9.47 Å². The van der Waals surface area contributed by atoms with Crippen LogP contribution in [0.1, 0.15) is 50.9 Å². The van der Waals surface area contributed by atoms with Crippen LogP contribution in [0.4, 0.5) is 0 Å². The molecule has 3 heteroatoms. The number of Topliss-reactive ketones (excluding diaryl/α,β-unsaturated/α-hetero) is 1. The lowest BCUT2D eigenvalue weighted by molar-refractivity contribution is 0.0618. The molecule has 0 saturated carbocycles. The summed E-state index contributed by atoms with van der Waals surface area (Å²) >= 11 is 0. The third-order valence-electron chi connectivity index (χ3n) is 3.19. The average Bonchev–Trinajstić information content (AvgIpc) is 2.26. The molecule has 1 aliphatic rings. The highest BCUT2D eigenvalue weighted by Gasteiger charge is 2.32. The maximum absolute atomic E-state index is 12.0. The molecule has 0 spiro atoms. The van der Waals surface area contributed by atoms with Gasteiger partial charge in [0, 0.05) is 6.07 Å². The van der Waals surface area contributed by atoms with Crippen molar-refractivity contribution in [1.82, 2.24) is 0 Å². The van der Waals surface area contributed by atoms with Gasteiger partial charge in [-0.05, 0) is 38.3 Å². The summed E-state index contributed by atoms with van der Waals surface area (Å²) in [4.78, 5) is 12.0. The number of hydrogen-bond acceptors (Lipinski definition) is 3. The van der Waals surface area contributed by atoms with Crippen LogP contribution in [0.15, 0.2) is 18.2 Å². The normalized spacial score (nSPS) is 17.0. The van der Waals surface area contributed by atoms with Crippen molar-refractivity contribution in [1.29, 1.82) is 0 Å². The molecule has 0 amide bonds. The minimum Gasteiger partial charge on any atom is -0.493 e. The topological polar surface area (TPSA) is 35.5 Å². The number of carbonyl (C=O) groups is 1. The van der Waals surface area contributed by atoms with Gasteiger partial charge in [-0.25, -0.2) is 0 Å². The van der Waals surface area contributed by atoms with Crippen molar-refractivity contribution in [2.75, 3.05) is 6.61 Å². The highest BCUT2D eigenvalue weighted by Crippen LogP contribution is 2.35. The van der Waals surface area contributed by atoms with Crippen molar-refractivity contribution in [3.8, 4) is 11.5 Å². The maximum Gasteiger partial charge on any atom is 0.170 e. The molecule has 0 aliphatic carbocycles. The standard InChI is InChI=1S/C16H22O3/c1-11(2)7-8-18-12-5-6-13-14(17)10-16(3,4)19-15(13)9-12/h5-6,9,11H,7-8,10H2,1-4H3. The molecule has 0 unspecified atom stereocenters. The van der Waals surface area contributed by atoms with Crippen LogP contribution in [-0.2, 0) is 0 Å². The molecule has 1 aromatic carbocycles. The zero-order chi connectivity index (χ0) is 14.0. The first kappa shape index (κ1) is 13.9. The molecule has 0 aromatic heterocycles. The van der Waals surface area contributed by atoms with Crippen molar-refractivity contribution in [3.63, 3.8) is 0 Å². The number of hydrogen-bond donors (Lipinski definition) is 0. The number of carbonyl (C=O) groups excluding carboxylic acids is 1. The fourth-order valence-corrected chi connectivity index (χ4v) is 2.14. The van der Waals surface area contributed by atoms with E-state index in [1.54, 1.807) is 6.07 Å². The van der Waals surface area contributed by atoms with Crippen LogP contribution in [0.2, 0.25) is 0 Å². The number of rotatable bonds is 4. The average molecular weight is 262 g/mol. The van der Waals surface area contributed by atoms with E-state index in [-0.39, 0.29) is 5.78 Å². The van der Waals surface area contributed by atoms with Gasteiger partial charge in [-0.3, -0.25) is 4.79 Å². The van der Waals surface area contributed by atoms with Gasteiger partial charge in [-0.2, -0.15) is 0 Å². The minimum absolute atomic E-state index is 0.139. The van der Waals surface area contributed by atoms with E-state index in [0.717, 1.165) is 12.2 Å². The summed E-state index contributed by atoms with van der Waals surface area (Å²) in [5.41, 5.74) is 0.233. The van der Waals surface area contributed by atoms with E-state index in [1.807, 2.05) is 26.0 Å². The molecule has 0 bridgehead atoms. The Labute approximate surface area is 114 Å². The molecular formula is C16H22O3. The van der Waals surface area contributed by atoms with E-state index in [9.17, 15) is 4.79 Å². The maximum atomic E-state index is 12.0. The SMILES string of the molecule is CC(C)CCOc1ccc2c(c1)OC(C)(C)CC2=O. The summed E-state index contributed by atoms with van der Waals surface area (Å²) in [5.74, 6) is 2.17. The van der Waals surface area contributed by atoms with Crippen LogP contribution in [0.5, 0.6) is 11.5 Å². The molecule has 1 aliphatic heterocycles. The first-order valence-electron chi connectivity index (χ1n) is 6.86. The summed E-state index contributed by atoms with van der Waals surface area (Å²) in [6, 6.07) is 5.48. The van der Waals surface area contributed by atoms with Gasteiger partial charge in [0.15, 0.2) is 5.78 Å². The Hall–Kier alpha value is -1.51. The molecule has 19 heavy (non-hydrogen) atoms. The smallest absolute Gasteiger partial charge is 0.170 e. The van der Waals surface area contributed by atoms with E-state index in [2.05, 4.69) is 13.8 Å². The molecule has 0 saturated heterocycles. The second-order valence-electron chi connectivity index (χ2n) is 6.15. The summed E-state index contributed by atoms with van der Waals surface area (Å²) in [6.07, 6.45) is 1.44. The highest BCUT2D eigenvalue weighted by molar-refractivity contribution is 6.00. The predicted molar refractivity (Wildman–Crippen MR) is 75.0 cm³/mol. The Morgan fingerprint density at radius 1 is 1.37 bits per heavy atom. The van der Waals surface area contributed by atoms with Crippen LogP contribution in [0.3, 0.4) is 0 Å². The second-order valence-corrected chi connectivity index (χ2v) is 6.15. The number of ether oxygens (including phenoxy) is 2. The molecule has 1 aromatic rings. The molecule has 0 fully saturated rings. The summed E-state index contributed by atoms with van der Waals surface area (Å²) < 4.78 is 11.6. The van der Waals surface area contributed by atoms with E-state index in [1.165, 1.54) is 0 Å². The van der Waals surface area contributed by atoms with Gasteiger partial charge in [-0.1, -0.05) is 13.8 Å². The van der Waals surface area contributed by atoms with Gasteiger partial charge in [0.2, 0.25) is 0 Å². The lowest BCUT2D eigenvalue weighted by Gasteiger charge is -2.31. The Morgan fingerprint density at radius 2 is 2.11 bits per heavy atom. The van der Waals surface area contributed by atoms with Gasteiger partial charge >= 0.3 is 0 Å². The van der Waals surface area contributed by atoms with E-state index >= 15 is 0 Å². The third-order valence-corrected chi connectivity index (χ3v) is 3.19. The van der Waals surface area contributed by atoms with E-state index in [0.29, 0.717) is 30.3 Å². The number of ketones is 1. The Balaban J connectivity index is 2.12. The number of fused-ring (bicyclic) bond motifs is 1. The fourth-order valence-electron chi connectivity index (χ4n) is 2.14. The van der Waals surface area contributed by atoms with Crippen LogP contribution in [-0.4, -0.2) is 18.0 Å². The van der Waals surface area contributed by atoms with Crippen LogP contribution in [0, 0.1) is 5.92 Å². The van der Waals surface area contributed by atoms with E-state index < -0.39 is 5.60 Å². The predicted octanol–water partition coefficient (Wildman–Crippen LogP) is 3.86. The van der Waals surface area contributed by atoms with Crippen molar-refractivity contribution in [3.05, 3.63) is 23.8 Å². The quantitative estimate of drug-likeness (QED) is 0.826. The molecule has 1 heterocycles. The fraction of sp³-hybridized carbons (Fsp3) is 0.562. The summed E-state index contributed by atoms with van der Waals surface area (Å²) in [6.45, 7) is 8.88. The van der Waals surface area contributed by atoms with Crippen molar-refractivity contribution < 1.29 is 14.3 Å². The van der Waals surface area contributed by atoms with Crippen LogP contribution >= 0.6 is 0 Å². The largest absolute Gasteiger partial charge is 0.493 e. The molecule has 0 atom stereocenters. The summed E-state index contributed by atoms with van der Waals surface area (Å²) in [5, 5.41) is 0. The van der Waals surface area contributed by atoms with Gasteiger partial charge in [0.1, 0.15) is 17.1 Å². The van der Waals surface area contributed by atoms with Crippen LogP contribution in [0.25, 0.3) is 0 Å². The Bertz CT molecular complexity index is 475. The van der Waals surface area contributed by atoms with Gasteiger partial charge in [0.05, 0.1) is 18.6 Å². The van der Waals surface area contributed by atoms with Gasteiger partial charge < -0.3 is 9.47 Å². The monoisotopic (exact) mass is 262 g/mol. The summed E-state index contributed by atoms with van der Waals surface area (Å²) in [7, 11) is 0. The molecule has 3 nitrogen and oxygen atoms in total. The molecule has 2 rings (SSSR count). The van der Waals surface area contributed by atoms with Crippen molar-refractivity contribution >= 4 is 5.78 Å². The van der Waals surface area contributed by atoms with Gasteiger partial charge in [0.25, 0.3) is 0 Å². The minimum atomic E-state index is -0.430. The lowest BCUT2D eigenvalue weighted by atomic mass is 9.93. The Morgan fingerprint density at radius 3 is 2.79 bits per heavy atom. The van der Waals surface area contributed by atoms with Gasteiger partial charge in [-0.15, -0.1) is 0 Å². The van der Waals surface area contributed by atoms with E-state index in [4.69, 9.17) is 9.47 Å². The number of benzene rings is 1. The zero-order valence-electron chi connectivity index (χ0n) is 12.2.